The molecule has 186 valence electrons. The second kappa shape index (κ2) is 10.9. The van der Waals surface area contributed by atoms with Gasteiger partial charge >= 0.3 is 5.97 Å². The van der Waals surface area contributed by atoms with Gasteiger partial charge in [-0.1, -0.05) is 38.1 Å². The van der Waals surface area contributed by atoms with E-state index in [1.165, 1.54) is 4.90 Å². The van der Waals surface area contributed by atoms with Crippen LogP contribution in [0.2, 0.25) is 0 Å². The molecule has 35 heavy (non-hydrogen) atoms. The van der Waals surface area contributed by atoms with E-state index >= 15 is 0 Å². The smallest absolute Gasteiger partial charge is 0.321 e. The molecule has 1 aliphatic rings. The third-order valence-corrected chi connectivity index (χ3v) is 6.19. The van der Waals surface area contributed by atoms with E-state index in [0.29, 0.717) is 25.1 Å². The van der Waals surface area contributed by atoms with E-state index in [-0.39, 0.29) is 19.1 Å². The molecule has 0 bridgehead atoms. The molecular formula is C27H33N3O5. The molecule has 0 spiro atoms. The van der Waals surface area contributed by atoms with Gasteiger partial charge < -0.3 is 18.8 Å². The number of imidazole rings is 1. The number of methoxy groups -OCH3 is 1. The summed E-state index contributed by atoms with van der Waals surface area (Å²) in [6.07, 6.45) is 0.964. The molecule has 2 atom stereocenters. The average molecular weight is 480 g/mol. The van der Waals surface area contributed by atoms with Crippen LogP contribution in [0, 0.1) is 11.8 Å². The molecule has 1 aromatic heterocycles. The van der Waals surface area contributed by atoms with Crippen LogP contribution in [0.3, 0.4) is 0 Å². The molecule has 0 N–H and O–H groups in total. The average Bonchev–Trinajstić information content (AvgIpc) is 3.22. The fourth-order valence-electron chi connectivity index (χ4n) is 4.42. The van der Waals surface area contributed by atoms with Crippen LogP contribution in [-0.2, 0) is 19.1 Å². The lowest BCUT2D eigenvalue weighted by atomic mass is 9.89. The molecule has 8 heteroatoms. The molecule has 0 fully saturated rings. The highest BCUT2D eigenvalue weighted by Crippen LogP contribution is 2.41. The van der Waals surface area contributed by atoms with Gasteiger partial charge in [0.1, 0.15) is 5.75 Å². The van der Waals surface area contributed by atoms with E-state index in [1.807, 2.05) is 53.1 Å². The maximum absolute atomic E-state index is 13.7. The summed E-state index contributed by atoms with van der Waals surface area (Å²) in [6.45, 7) is 7.48. The van der Waals surface area contributed by atoms with E-state index in [4.69, 9.17) is 19.2 Å². The minimum atomic E-state index is -1.05. The van der Waals surface area contributed by atoms with Crippen molar-refractivity contribution in [1.29, 1.82) is 0 Å². The van der Waals surface area contributed by atoms with Gasteiger partial charge in [0, 0.05) is 7.11 Å². The largest absolute Gasteiger partial charge is 0.494 e. The van der Waals surface area contributed by atoms with E-state index < -0.39 is 17.9 Å². The lowest BCUT2D eigenvalue weighted by molar-refractivity contribution is -0.153. The zero-order valence-electron chi connectivity index (χ0n) is 20.8. The summed E-state index contributed by atoms with van der Waals surface area (Å²) in [6, 6.07) is 14.7. The lowest BCUT2D eigenvalue weighted by Gasteiger charge is -2.37. The highest BCUT2D eigenvalue weighted by atomic mass is 16.5. The van der Waals surface area contributed by atoms with Crippen LogP contribution in [0.4, 0.5) is 5.95 Å². The second-order valence-electron chi connectivity index (χ2n) is 9.03. The fourth-order valence-corrected chi connectivity index (χ4v) is 4.42. The first-order valence-corrected chi connectivity index (χ1v) is 12.1. The molecule has 0 radical (unpaired) electrons. The Hall–Kier alpha value is -3.39. The van der Waals surface area contributed by atoms with Crippen molar-refractivity contribution in [2.45, 2.75) is 33.2 Å². The van der Waals surface area contributed by atoms with Gasteiger partial charge in [0.2, 0.25) is 11.9 Å². The number of para-hydroxylation sites is 2. The number of aromatic nitrogens is 2. The number of anilines is 1. The molecule has 0 saturated heterocycles. The Labute approximate surface area is 205 Å². The molecule has 2 heterocycles. The van der Waals surface area contributed by atoms with Crippen molar-refractivity contribution >= 4 is 28.9 Å². The first kappa shape index (κ1) is 24.7. The molecule has 3 aromatic rings. The number of fused-ring (bicyclic) bond motifs is 3. The van der Waals surface area contributed by atoms with Crippen LogP contribution in [0.1, 0.15) is 38.8 Å². The van der Waals surface area contributed by atoms with Crippen LogP contribution in [0.15, 0.2) is 48.5 Å². The van der Waals surface area contributed by atoms with E-state index in [0.717, 1.165) is 28.8 Å². The van der Waals surface area contributed by atoms with Crippen molar-refractivity contribution in [3.05, 3.63) is 54.1 Å². The predicted molar refractivity (Wildman–Crippen MR) is 134 cm³/mol. The van der Waals surface area contributed by atoms with Crippen molar-refractivity contribution in [2.24, 2.45) is 11.8 Å². The zero-order valence-corrected chi connectivity index (χ0v) is 20.8. The Kier molecular flexibility index (Phi) is 7.70. The quantitative estimate of drug-likeness (QED) is 0.320. The molecule has 8 nitrogen and oxygen atoms in total. The number of amides is 1. The van der Waals surface area contributed by atoms with Gasteiger partial charge in [-0.3, -0.25) is 14.5 Å². The van der Waals surface area contributed by atoms with Gasteiger partial charge in [-0.25, -0.2) is 4.98 Å². The van der Waals surface area contributed by atoms with Crippen molar-refractivity contribution in [2.75, 3.05) is 38.4 Å². The number of nitrogens with zero attached hydrogens (tertiary/aromatic N) is 3. The molecule has 1 amide bonds. The molecule has 4 rings (SSSR count). The summed E-state index contributed by atoms with van der Waals surface area (Å²) in [4.78, 5) is 33.2. The van der Waals surface area contributed by atoms with Gasteiger partial charge in [0.05, 0.1) is 43.4 Å². The van der Waals surface area contributed by atoms with Crippen LogP contribution in [-0.4, -0.2) is 54.9 Å². The Morgan fingerprint density at radius 3 is 2.51 bits per heavy atom. The predicted octanol–water partition coefficient (Wildman–Crippen LogP) is 4.22. The van der Waals surface area contributed by atoms with Crippen LogP contribution in [0.5, 0.6) is 5.75 Å². The highest BCUT2D eigenvalue weighted by Gasteiger charge is 2.47. The summed E-state index contributed by atoms with van der Waals surface area (Å²) in [7, 11) is 1.58. The second-order valence-corrected chi connectivity index (χ2v) is 9.03. The topological polar surface area (TPSA) is 82.9 Å². The number of benzene rings is 2. The summed E-state index contributed by atoms with van der Waals surface area (Å²) in [5.41, 5.74) is 2.40. The first-order chi connectivity index (χ1) is 17.0. The zero-order chi connectivity index (χ0) is 24.9. The monoisotopic (exact) mass is 479 g/mol. The summed E-state index contributed by atoms with van der Waals surface area (Å²) in [5.74, 6) is -0.139. The number of carbonyl (C=O) groups excluding carboxylic acids is 2. The Bertz CT molecular complexity index is 1170. The fraction of sp³-hybridized carbons (Fsp3) is 0.444. The Morgan fingerprint density at radius 2 is 1.83 bits per heavy atom. The maximum atomic E-state index is 13.7. The maximum Gasteiger partial charge on any atom is 0.321 e. The number of carbonyl (C=O) groups is 2. The van der Waals surface area contributed by atoms with Crippen molar-refractivity contribution in [3.63, 3.8) is 0 Å². The minimum Gasteiger partial charge on any atom is -0.494 e. The van der Waals surface area contributed by atoms with Crippen molar-refractivity contribution in [1.82, 2.24) is 9.55 Å². The van der Waals surface area contributed by atoms with Gasteiger partial charge in [-0.2, -0.15) is 0 Å². The van der Waals surface area contributed by atoms with Crippen LogP contribution in [0.25, 0.3) is 11.0 Å². The van der Waals surface area contributed by atoms with Crippen LogP contribution >= 0.6 is 0 Å². The number of rotatable bonds is 10. The third-order valence-electron chi connectivity index (χ3n) is 6.19. The number of hydrogen-bond donors (Lipinski definition) is 0. The van der Waals surface area contributed by atoms with Crippen molar-refractivity contribution < 1.29 is 23.8 Å². The number of hydrogen-bond acceptors (Lipinski definition) is 6. The highest BCUT2D eigenvalue weighted by molar-refractivity contribution is 6.08. The third kappa shape index (κ3) is 5.03. The van der Waals surface area contributed by atoms with Gasteiger partial charge in [0.25, 0.3) is 0 Å². The number of esters is 1. The normalized spacial score (nSPS) is 17.6. The summed E-state index contributed by atoms with van der Waals surface area (Å²) >= 11 is 0. The SMILES string of the molecule is CCOC(=O)[C@H]1C(=O)N(CCOC)c2nc3ccccc3n2[C@@H]1c1ccc(OCCC(C)C)cc1. The molecule has 1 aliphatic heterocycles. The Morgan fingerprint density at radius 1 is 1.09 bits per heavy atom. The summed E-state index contributed by atoms with van der Waals surface area (Å²) in [5, 5.41) is 0. The van der Waals surface area contributed by atoms with Crippen LogP contribution < -0.4 is 9.64 Å². The Balaban J connectivity index is 1.81. The minimum absolute atomic E-state index is 0.188. The van der Waals surface area contributed by atoms with E-state index in [2.05, 4.69) is 13.8 Å². The molecule has 0 aliphatic carbocycles. The van der Waals surface area contributed by atoms with Gasteiger partial charge in [0.15, 0.2) is 5.92 Å². The van der Waals surface area contributed by atoms with E-state index in [9.17, 15) is 9.59 Å². The lowest BCUT2D eigenvalue weighted by Crippen LogP contribution is -2.51. The van der Waals surface area contributed by atoms with Gasteiger partial charge in [-0.15, -0.1) is 0 Å². The molecule has 2 aromatic carbocycles. The van der Waals surface area contributed by atoms with Gasteiger partial charge in [-0.05, 0) is 49.1 Å². The summed E-state index contributed by atoms with van der Waals surface area (Å²) < 4.78 is 18.5. The molecule has 0 saturated carbocycles. The molecule has 0 unspecified atom stereocenters. The molecular weight excluding hydrogens is 446 g/mol. The standard InChI is InChI=1S/C27H33N3O5/c1-5-34-26(32)23-24(19-10-12-20(13-11-19)35-16-14-18(2)3)30-22-9-7-6-8-21(22)28-27(30)29(25(23)31)15-17-33-4/h6-13,18,23-24H,5,14-17H2,1-4H3/t23-,24-/m1/s1. The number of ether oxygens (including phenoxy) is 3. The first-order valence-electron chi connectivity index (χ1n) is 12.1. The van der Waals surface area contributed by atoms with Crippen molar-refractivity contribution in [3.8, 4) is 5.75 Å². The van der Waals surface area contributed by atoms with E-state index in [1.54, 1.807) is 14.0 Å².